The number of morpholine rings is 1. The highest BCUT2D eigenvalue weighted by Crippen LogP contribution is 2.28. The van der Waals surface area contributed by atoms with Gasteiger partial charge in [0, 0.05) is 12.7 Å². The van der Waals surface area contributed by atoms with E-state index in [-0.39, 0.29) is 6.04 Å². The van der Waals surface area contributed by atoms with Gasteiger partial charge in [0.05, 0.1) is 37.6 Å². The molecular formula is C13H19N3O3. The summed E-state index contributed by atoms with van der Waals surface area (Å²) in [4.78, 5) is 18.1. The third-order valence-electron chi connectivity index (χ3n) is 3.35. The summed E-state index contributed by atoms with van der Waals surface area (Å²) in [6.45, 7) is 4.10. The molecule has 104 valence electrons. The van der Waals surface area contributed by atoms with Crippen molar-refractivity contribution in [2.24, 2.45) is 0 Å². The van der Waals surface area contributed by atoms with E-state index in [0.29, 0.717) is 30.3 Å². The lowest BCUT2D eigenvalue weighted by Crippen LogP contribution is -2.46. The predicted molar refractivity (Wildman–Crippen MR) is 72.2 cm³/mol. The Labute approximate surface area is 112 Å². The number of methoxy groups -OCH3 is 1. The van der Waals surface area contributed by atoms with Crippen LogP contribution in [0.2, 0.25) is 0 Å². The van der Waals surface area contributed by atoms with Crippen LogP contribution < -0.4 is 10.6 Å². The SMILES string of the molecule is CCC1COCCN1c1nccc(C(=O)OC)c1N. The van der Waals surface area contributed by atoms with Gasteiger partial charge in [0.15, 0.2) is 5.82 Å². The summed E-state index contributed by atoms with van der Waals surface area (Å²) in [5, 5.41) is 0. The number of ether oxygens (including phenoxy) is 2. The molecule has 0 aliphatic carbocycles. The predicted octanol–water partition coefficient (Wildman–Crippen LogP) is 1.07. The number of aromatic nitrogens is 1. The average Bonchev–Trinajstić information content (AvgIpc) is 2.46. The first kappa shape index (κ1) is 13.6. The van der Waals surface area contributed by atoms with Crippen molar-refractivity contribution in [2.75, 3.05) is 37.5 Å². The molecule has 2 rings (SSSR count). The second-order valence-electron chi connectivity index (χ2n) is 4.42. The maximum atomic E-state index is 11.6. The van der Waals surface area contributed by atoms with Gasteiger partial charge in [-0.05, 0) is 12.5 Å². The van der Waals surface area contributed by atoms with Crippen LogP contribution in [0.5, 0.6) is 0 Å². The molecule has 2 heterocycles. The van der Waals surface area contributed by atoms with Gasteiger partial charge in [0.1, 0.15) is 0 Å². The van der Waals surface area contributed by atoms with Crippen molar-refractivity contribution in [1.29, 1.82) is 0 Å². The van der Waals surface area contributed by atoms with E-state index in [1.54, 1.807) is 12.3 Å². The molecule has 0 saturated carbocycles. The molecule has 1 unspecified atom stereocenters. The smallest absolute Gasteiger partial charge is 0.340 e. The van der Waals surface area contributed by atoms with Crippen LogP contribution in [0.1, 0.15) is 23.7 Å². The molecule has 1 aliphatic rings. The number of anilines is 2. The summed E-state index contributed by atoms with van der Waals surface area (Å²) >= 11 is 0. The molecule has 0 radical (unpaired) electrons. The van der Waals surface area contributed by atoms with Crippen molar-refractivity contribution in [1.82, 2.24) is 4.98 Å². The third-order valence-corrected chi connectivity index (χ3v) is 3.35. The fourth-order valence-electron chi connectivity index (χ4n) is 2.25. The number of carbonyl (C=O) groups excluding carboxylic acids is 1. The van der Waals surface area contributed by atoms with E-state index in [2.05, 4.69) is 16.8 Å². The van der Waals surface area contributed by atoms with Crippen LogP contribution in [0.25, 0.3) is 0 Å². The third kappa shape index (κ3) is 2.63. The number of hydrogen-bond acceptors (Lipinski definition) is 6. The maximum Gasteiger partial charge on any atom is 0.340 e. The molecule has 6 heteroatoms. The summed E-state index contributed by atoms with van der Waals surface area (Å²) in [5.41, 5.74) is 6.79. The fourth-order valence-corrected chi connectivity index (χ4v) is 2.25. The molecule has 6 nitrogen and oxygen atoms in total. The van der Waals surface area contributed by atoms with Gasteiger partial charge in [-0.15, -0.1) is 0 Å². The Morgan fingerprint density at radius 2 is 2.47 bits per heavy atom. The molecule has 0 spiro atoms. The molecule has 2 N–H and O–H groups in total. The van der Waals surface area contributed by atoms with Gasteiger partial charge < -0.3 is 20.1 Å². The van der Waals surface area contributed by atoms with Crippen molar-refractivity contribution in [3.8, 4) is 0 Å². The summed E-state index contributed by atoms with van der Waals surface area (Å²) in [6.07, 6.45) is 2.52. The average molecular weight is 265 g/mol. The van der Waals surface area contributed by atoms with Gasteiger partial charge in [-0.25, -0.2) is 9.78 Å². The van der Waals surface area contributed by atoms with E-state index in [9.17, 15) is 4.79 Å². The largest absolute Gasteiger partial charge is 0.465 e. The van der Waals surface area contributed by atoms with E-state index in [1.165, 1.54) is 7.11 Å². The second-order valence-corrected chi connectivity index (χ2v) is 4.42. The van der Waals surface area contributed by atoms with Gasteiger partial charge in [-0.1, -0.05) is 6.92 Å². The fraction of sp³-hybridized carbons (Fsp3) is 0.538. The standard InChI is InChI=1S/C13H19N3O3/c1-3-9-8-19-7-6-16(9)12-11(14)10(4-5-15-12)13(17)18-2/h4-5,9H,3,6-8,14H2,1-2H3. The summed E-state index contributed by atoms with van der Waals surface area (Å²) in [7, 11) is 1.34. The first-order valence-electron chi connectivity index (χ1n) is 6.36. The van der Waals surface area contributed by atoms with E-state index in [0.717, 1.165) is 13.0 Å². The molecule has 19 heavy (non-hydrogen) atoms. The highest BCUT2D eigenvalue weighted by molar-refractivity contribution is 5.97. The Morgan fingerprint density at radius 3 is 3.16 bits per heavy atom. The lowest BCUT2D eigenvalue weighted by Gasteiger charge is -2.36. The van der Waals surface area contributed by atoms with Crippen LogP contribution in [-0.2, 0) is 9.47 Å². The monoisotopic (exact) mass is 265 g/mol. The molecule has 0 amide bonds. The second kappa shape index (κ2) is 5.88. The zero-order chi connectivity index (χ0) is 13.8. The number of nitrogen functional groups attached to an aromatic ring is 1. The van der Waals surface area contributed by atoms with Crippen molar-refractivity contribution in [3.05, 3.63) is 17.8 Å². The molecule has 1 saturated heterocycles. The number of nitrogens with two attached hydrogens (primary N) is 1. The molecule has 0 bridgehead atoms. The molecule has 1 atom stereocenters. The zero-order valence-electron chi connectivity index (χ0n) is 11.3. The van der Waals surface area contributed by atoms with Gasteiger partial charge in [-0.2, -0.15) is 0 Å². The molecule has 1 fully saturated rings. The van der Waals surface area contributed by atoms with E-state index in [4.69, 9.17) is 15.2 Å². The minimum atomic E-state index is -0.442. The van der Waals surface area contributed by atoms with E-state index < -0.39 is 5.97 Å². The van der Waals surface area contributed by atoms with Crippen LogP contribution in [0.15, 0.2) is 12.3 Å². The minimum absolute atomic E-state index is 0.233. The summed E-state index contributed by atoms with van der Waals surface area (Å²) in [6, 6.07) is 1.81. The minimum Gasteiger partial charge on any atom is -0.465 e. The maximum absolute atomic E-state index is 11.6. The number of carbonyl (C=O) groups is 1. The van der Waals surface area contributed by atoms with Gasteiger partial charge in [0.2, 0.25) is 0 Å². The number of esters is 1. The number of pyridine rings is 1. The van der Waals surface area contributed by atoms with Crippen LogP contribution in [-0.4, -0.2) is 43.9 Å². The van der Waals surface area contributed by atoms with Crippen LogP contribution in [0, 0.1) is 0 Å². The highest BCUT2D eigenvalue weighted by Gasteiger charge is 2.26. The first-order valence-corrected chi connectivity index (χ1v) is 6.36. The molecule has 0 aromatic carbocycles. The Morgan fingerprint density at radius 1 is 1.68 bits per heavy atom. The van der Waals surface area contributed by atoms with E-state index in [1.807, 2.05) is 0 Å². The van der Waals surface area contributed by atoms with Crippen LogP contribution >= 0.6 is 0 Å². The first-order chi connectivity index (χ1) is 9.19. The van der Waals surface area contributed by atoms with Gasteiger partial charge >= 0.3 is 5.97 Å². The lowest BCUT2D eigenvalue weighted by atomic mass is 10.1. The normalized spacial score (nSPS) is 19.3. The number of hydrogen-bond donors (Lipinski definition) is 1. The van der Waals surface area contributed by atoms with Crippen LogP contribution in [0.4, 0.5) is 11.5 Å². The molecule has 1 aromatic heterocycles. The van der Waals surface area contributed by atoms with Crippen molar-refractivity contribution in [2.45, 2.75) is 19.4 Å². The Kier molecular flexibility index (Phi) is 4.21. The topological polar surface area (TPSA) is 77.7 Å². The number of rotatable bonds is 3. The van der Waals surface area contributed by atoms with Crippen molar-refractivity contribution in [3.63, 3.8) is 0 Å². The highest BCUT2D eigenvalue weighted by atomic mass is 16.5. The molecule has 1 aromatic rings. The lowest BCUT2D eigenvalue weighted by molar-refractivity contribution is 0.0602. The van der Waals surface area contributed by atoms with Gasteiger partial charge in [-0.3, -0.25) is 0 Å². The summed E-state index contributed by atoms with van der Waals surface area (Å²) < 4.78 is 10.2. The van der Waals surface area contributed by atoms with Crippen molar-refractivity contribution >= 4 is 17.5 Å². The molecular weight excluding hydrogens is 246 g/mol. The zero-order valence-corrected chi connectivity index (χ0v) is 11.3. The quantitative estimate of drug-likeness (QED) is 0.824. The Balaban J connectivity index is 2.36. The number of nitrogens with zero attached hydrogens (tertiary/aromatic N) is 2. The Bertz CT molecular complexity index is 464. The van der Waals surface area contributed by atoms with Crippen LogP contribution in [0.3, 0.4) is 0 Å². The van der Waals surface area contributed by atoms with Crippen molar-refractivity contribution < 1.29 is 14.3 Å². The van der Waals surface area contributed by atoms with Gasteiger partial charge in [0.25, 0.3) is 0 Å². The van der Waals surface area contributed by atoms with E-state index >= 15 is 0 Å². The molecule has 1 aliphatic heterocycles. The Hall–Kier alpha value is -1.82. The summed E-state index contributed by atoms with van der Waals surface area (Å²) in [5.74, 6) is 0.195.